The third kappa shape index (κ3) is 0.863. The Balaban J connectivity index is 2.00. The van der Waals surface area contributed by atoms with Gasteiger partial charge in [-0.3, -0.25) is 0 Å². The summed E-state index contributed by atoms with van der Waals surface area (Å²) in [7, 11) is 1.86. The molecule has 14 heavy (non-hydrogen) atoms. The van der Waals surface area contributed by atoms with Crippen LogP contribution < -0.4 is 0 Å². The highest BCUT2D eigenvalue weighted by molar-refractivity contribution is 5.26. The van der Waals surface area contributed by atoms with Crippen LogP contribution in [-0.2, 0) is 4.74 Å². The summed E-state index contributed by atoms with van der Waals surface area (Å²) < 4.78 is 5.64. The minimum atomic E-state index is 0.783. The van der Waals surface area contributed by atoms with Gasteiger partial charge in [0.2, 0.25) is 0 Å². The number of methoxy groups -OCH3 is 1. The molecule has 2 saturated carbocycles. The maximum absolute atomic E-state index is 5.64. The zero-order chi connectivity index (χ0) is 9.87. The summed E-state index contributed by atoms with van der Waals surface area (Å²) in [5, 5.41) is 0. The molecule has 78 valence electrons. The molecule has 0 saturated heterocycles. The molecule has 0 amide bonds. The summed E-state index contributed by atoms with van der Waals surface area (Å²) in [6, 6.07) is 0. The van der Waals surface area contributed by atoms with Crippen LogP contribution >= 0.6 is 0 Å². The lowest BCUT2D eigenvalue weighted by molar-refractivity contribution is 0.165. The van der Waals surface area contributed by atoms with E-state index in [-0.39, 0.29) is 0 Å². The molecule has 5 unspecified atom stereocenters. The Morgan fingerprint density at radius 2 is 1.93 bits per heavy atom. The highest BCUT2D eigenvalue weighted by atomic mass is 16.5. The number of fused-ring (bicyclic) bond motifs is 5. The van der Waals surface area contributed by atoms with Gasteiger partial charge in [-0.25, -0.2) is 0 Å². The second-order valence-electron chi connectivity index (χ2n) is 5.48. The van der Waals surface area contributed by atoms with Gasteiger partial charge in [0.05, 0.1) is 12.9 Å². The van der Waals surface area contributed by atoms with Crippen molar-refractivity contribution in [2.75, 3.05) is 7.11 Å². The van der Waals surface area contributed by atoms with Crippen LogP contribution in [0.5, 0.6) is 0 Å². The van der Waals surface area contributed by atoms with Crippen LogP contribution in [0.1, 0.15) is 33.1 Å². The van der Waals surface area contributed by atoms with Crippen LogP contribution in [0.3, 0.4) is 0 Å². The van der Waals surface area contributed by atoms with Crippen molar-refractivity contribution in [1.29, 1.82) is 0 Å². The van der Waals surface area contributed by atoms with Gasteiger partial charge < -0.3 is 4.74 Å². The molecule has 5 atom stereocenters. The molecule has 0 radical (unpaired) electrons. The average Bonchev–Trinajstić information content (AvgIpc) is 2.82. The largest absolute Gasteiger partial charge is 0.501 e. The minimum absolute atomic E-state index is 0.783. The van der Waals surface area contributed by atoms with Gasteiger partial charge in [-0.05, 0) is 55.4 Å². The van der Waals surface area contributed by atoms with Gasteiger partial charge in [0.25, 0.3) is 0 Å². The van der Waals surface area contributed by atoms with E-state index in [1.807, 2.05) is 7.11 Å². The van der Waals surface area contributed by atoms with E-state index in [0.717, 1.165) is 29.6 Å². The molecule has 1 heteroatoms. The fraction of sp³-hybridized carbons (Fsp3) is 0.846. The highest BCUT2D eigenvalue weighted by Crippen LogP contribution is 2.62. The van der Waals surface area contributed by atoms with Gasteiger partial charge in [0.15, 0.2) is 0 Å². The normalized spacial score (nSPS) is 50.1. The van der Waals surface area contributed by atoms with Gasteiger partial charge >= 0.3 is 0 Å². The molecule has 2 fully saturated rings. The SMILES string of the molecule is COC1=C(C)C(C)C2C3CCC(C3)C12. The molecule has 0 aliphatic heterocycles. The van der Waals surface area contributed by atoms with Crippen molar-refractivity contribution in [2.45, 2.75) is 33.1 Å². The van der Waals surface area contributed by atoms with Crippen molar-refractivity contribution in [1.82, 2.24) is 0 Å². The van der Waals surface area contributed by atoms with Crippen LogP contribution in [-0.4, -0.2) is 7.11 Å². The first-order valence-corrected chi connectivity index (χ1v) is 5.98. The third-order valence-electron chi connectivity index (χ3n) is 5.15. The van der Waals surface area contributed by atoms with Crippen LogP contribution in [0.2, 0.25) is 0 Å². The molecule has 0 aromatic carbocycles. The van der Waals surface area contributed by atoms with E-state index in [0.29, 0.717) is 0 Å². The summed E-state index contributed by atoms with van der Waals surface area (Å²) in [6.45, 7) is 4.68. The molecule has 0 aromatic heterocycles. The zero-order valence-corrected chi connectivity index (χ0v) is 9.42. The van der Waals surface area contributed by atoms with E-state index in [1.54, 1.807) is 5.57 Å². The van der Waals surface area contributed by atoms with Gasteiger partial charge in [-0.2, -0.15) is 0 Å². The van der Waals surface area contributed by atoms with Crippen molar-refractivity contribution < 1.29 is 4.74 Å². The second kappa shape index (κ2) is 2.77. The smallest absolute Gasteiger partial charge is 0.0984 e. The predicted molar refractivity (Wildman–Crippen MR) is 56.7 cm³/mol. The van der Waals surface area contributed by atoms with Crippen LogP contribution in [0.15, 0.2) is 11.3 Å². The Labute approximate surface area is 86.5 Å². The molecular weight excluding hydrogens is 172 g/mol. The summed E-state index contributed by atoms with van der Waals surface area (Å²) in [5.41, 5.74) is 1.54. The van der Waals surface area contributed by atoms with E-state index >= 15 is 0 Å². The summed E-state index contributed by atoms with van der Waals surface area (Å²) in [5.74, 6) is 5.85. The fourth-order valence-electron chi connectivity index (χ4n) is 4.52. The van der Waals surface area contributed by atoms with Crippen molar-refractivity contribution in [3.8, 4) is 0 Å². The fourth-order valence-corrected chi connectivity index (χ4v) is 4.52. The van der Waals surface area contributed by atoms with Gasteiger partial charge in [-0.1, -0.05) is 6.92 Å². The molecule has 0 N–H and O–H groups in total. The molecule has 0 aromatic rings. The maximum Gasteiger partial charge on any atom is 0.0984 e. The van der Waals surface area contributed by atoms with E-state index in [9.17, 15) is 0 Å². The van der Waals surface area contributed by atoms with Gasteiger partial charge in [0.1, 0.15) is 0 Å². The summed E-state index contributed by atoms with van der Waals surface area (Å²) in [6.07, 6.45) is 4.43. The third-order valence-corrected chi connectivity index (χ3v) is 5.15. The Morgan fingerprint density at radius 1 is 1.21 bits per heavy atom. The van der Waals surface area contributed by atoms with E-state index in [2.05, 4.69) is 13.8 Å². The zero-order valence-electron chi connectivity index (χ0n) is 9.42. The lowest BCUT2D eigenvalue weighted by atomic mass is 9.77. The minimum Gasteiger partial charge on any atom is -0.501 e. The topological polar surface area (TPSA) is 9.23 Å². The molecule has 3 rings (SSSR count). The van der Waals surface area contributed by atoms with Crippen molar-refractivity contribution in [3.05, 3.63) is 11.3 Å². The first-order chi connectivity index (χ1) is 6.74. The van der Waals surface area contributed by atoms with Crippen LogP contribution in [0, 0.1) is 29.6 Å². The van der Waals surface area contributed by atoms with Gasteiger partial charge in [0, 0.05) is 5.92 Å². The van der Waals surface area contributed by atoms with Crippen molar-refractivity contribution in [2.24, 2.45) is 29.6 Å². The lowest BCUT2D eigenvalue weighted by Gasteiger charge is -2.28. The number of ether oxygens (including phenoxy) is 1. The first kappa shape index (κ1) is 8.82. The molecule has 2 bridgehead atoms. The number of allylic oxidation sites excluding steroid dienone is 2. The lowest BCUT2D eigenvalue weighted by Crippen LogP contribution is -2.23. The monoisotopic (exact) mass is 192 g/mol. The van der Waals surface area contributed by atoms with Gasteiger partial charge in [-0.15, -0.1) is 0 Å². The van der Waals surface area contributed by atoms with Crippen molar-refractivity contribution in [3.63, 3.8) is 0 Å². The molecule has 0 spiro atoms. The average molecular weight is 192 g/mol. The van der Waals surface area contributed by atoms with E-state index in [1.165, 1.54) is 25.0 Å². The van der Waals surface area contributed by atoms with Crippen LogP contribution in [0.25, 0.3) is 0 Å². The van der Waals surface area contributed by atoms with Crippen LogP contribution in [0.4, 0.5) is 0 Å². The number of hydrogen-bond acceptors (Lipinski definition) is 1. The predicted octanol–water partition coefficient (Wildman–Crippen LogP) is 3.22. The number of rotatable bonds is 1. The molecule has 0 heterocycles. The summed E-state index contributed by atoms with van der Waals surface area (Å²) >= 11 is 0. The first-order valence-electron chi connectivity index (χ1n) is 5.98. The quantitative estimate of drug-likeness (QED) is 0.620. The Hall–Kier alpha value is -0.460. The molecular formula is C13H20O. The molecule has 3 aliphatic carbocycles. The Bertz CT molecular complexity index is 292. The highest BCUT2D eigenvalue weighted by Gasteiger charge is 2.55. The molecule has 1 nitrogen and oxygen atoms in total. The van der Waals surface area contributed by atoms with E-state index in [4.69, 9.17) is 4.74 Å². The molecule has 3 aliphatic rings. The second-order valence-corrected chi connectivity index (χ2v) is 5.48. The standard InChI is InChI=1S/C13H20O/c1-7-8(2)13(14-3)12-10-5-4-9(6-10)11(7)12/h7,9-12H,4-6H2,1-3H3. The van der Waals surface area contributed by atoms with Crippen molar-refractivity contribution >= 4 is 0 Å². The maximum atomic E-state index is 5.64. The Morgan fingerprint density at radius 3 is 2.64 bits per heavy atom. The number of hydrogen-bond donors (Lipinski definition) is 0. The van der Waals surface area contributed by atoms with E-state index < -0.39 is 0 Å². The summed E-state index contributed by atoms with van der Waals surface area (Å²) in [4.78, 5) is 0. The Kier molecular flexibility index (Phi) is 1.75.